The lowest BCUT2D eigenvalue weighted by Crippen LogP contribution is -2.41. The fourth-order valence-corrected chi connectivity index (χ4v) is 4.07. The highest BCUT2D eigenvalue weighted by molar-refractivity contribution is 14.0. The zero-order chi connectivity index (χ0) is 21.3. The third-order valence-corrected chi connectivity index (χ3v) is 5.76. The van der Waals surface area contributed by atoms with E-state index >= 15 is 0 Å². The van der Waals surface area contributed by atoms with E-state index in [-0.39, 0.29) is 35.4 Å². The molecule has 0 saturated heterocycles. The largest absolute Gasteiger partial charge is 0.357 e. The fraction of sp³-hybridized carbons (Fsp3) is 0.474. The number of rotatable bonds is 10. The molecule has 8 nitrogen and oxygen atoms in total. The van der Waals surface area contributed by atoms with E-state index in [4.69, 9.17) is 11.6 Å². The second-order valence-electron chi connectivity index (χ2n) is 6.55. The van der Waals surface area contributed by atoms with E-state index in [2.05, 4.69) is 31.5 Å². The van der Waals surface area contributed by atoms with E-state index in [0.29, 0.717) is 24.1 Å². The Morgan fingerprint density at radius 2 is 1.97 bits per heavy atom. The molecule has 0 spiro atoms. The summed E-state index contributed by atoms with van der Waals surface area (Å²) in [4.78, 5) is 4.68. The van der Waals surface area contributed by atoms with Crippen molar-refractivity contribution in [3.05, 3.63) is 46.7 Å². The summed E-state index contributed by atoms with van der Waals surface area (Å²) in [7, 11) is -3.59. The molecule has 0 atom stereocenters. The average Bonchev–Trinajstić information content (AvgIpc) is 2.99. The lowest BCUT2D eigenvalue weighted by molar-refractivity contribution is 0.566. The van der Waals surface area contributed by atoms with Crippen molar-refractivity contribution in [1.82, 2.24) is 25.1 Å². The highest BCUT2D eigenvalue weighted by Crippen LogP contribution is 2.14. The molecule has 0 aliphatic heterocycles. The van der Waals surface area contributed by atoms with Crippen molar-refractivity contribution in [2.75, 3.05) is 26.2 Å². The van der Waals surface area contributed by atoms with Gasteiger partial charge in [-0.1, -0.05) is 17.7 Å². The van der Waals surface area contributed by atoms with Crippen LogP contribution in [0, 0.1) is 13.8 Å². The topological polar surface area (TPSA) is 100 Å². The van der Waals surface area contributed by atoms with E-state index in [9.17, 15) is 8.42 Å². The van der Waals surface area contributed by atoms with Crippen molar-refractivity contribution < 1.29 is 8.42 Å². The summed E-state index contributed by atoms with van der Waals surface area (Å²) in [6, 6.07) is 8.23. The summed E-state index contributed by atoms with van der Waals surface area (Å²) in [6.07, 6.45) is 0.861. The number of benzene rings is 1. The van der Waals surface area contributed by atoms with Gasteiger partial charge in [-0.25, -0.2) is 13.1 Å². The number of nitrogens with one attached hydrogen (secondary N) is 3. The first-order chi connectivity index (χ1) is 13.8. The summed E-state index contributed by atoms with van der Waals surface area (Å²) in [5.74, 6) is 0.655. The average molecular weight is 569 g/mol. The van der Waals surface area contributed by atoms with Crippen molar-refractivity contribution in [2.24, 2.45) is 4.99 Å². The molecule has 0 saturated carbocycles. The normalized spacial score (nSPS) is 11.8. The van der Waals surface area contributed by atoms with Gasteiger partial charge in [0, 0.05) is 43.4 Å². The maximum atomic E-state index is 12.3. The molecule has 0 bridgehead atoms. The number of hydrogen-bond acceptors (Lipinski definition) is 4. The molecule has 2 aromatic rings. The Kier molecular flexibility index (Phi) is 11.7. The van der Waals surface area contributed by atoms with Crippen LogP contribution >= 0.6 is 35.6 Å². The molecular formula is C19H30ClIN6O2S. The van der Waals surface area contributed by atoms with Crippen molar-refractivity contribution in [2.45, 2.75) is 38.6 Å². The zero-order valence-corrected chi connectivity index (χ0v) is 21.4. The SMILES string of the molecule is CCNC(=NCCCn1nc(C)cc1C)NCCNS(=O)(=O)c1cccc(Cl)c1.I. The van der Waals surface area contributed by atoms with Gasteiger partial charge in [0.15, 0.2) is 5.96 Å². The number of aryl methyl sites for hydroxylation is 3. The summed E-state index contributed by atoms with van der Waals surface area (Å²) in [5, 5.41) is 11.1. The van der Waals surface area contributed by atoms with Gasteiger partial charge >= 0.3 is 0 Å². The van der Waals surface area contributed by atoms with Crippen LogP contribution in [-0.4, -0.2) is 50.3 Å². The summed E-state index contributed by atoms with van der Waals surface area (Å²) < 4.78 is 29.1. The molecule has 0 fully saturated rings. The minimum Gasteiger partial charge on any atom is -0.357 e. The molecule has 0 aliphatic carbocycles. The molecule has 30 heavy (non-hydrogen) atoms. The number of nitrogens with zero attached hydrogens (tertiary/aromatic N) is 3. The first-order valence-electron chi connectivity index (χ1n) is 9.60. The Labute approximate surface area is 200 Å². The van der Waals surface area contributed by atoms with Gasteiger partial charge in [-0.2, -0.15) is 5.10 Å². The Morgan fingerprint density at radius 3 is 2.60 bits per heavy atom. The first-order valence-corrected chi connectivity index (χ1v) is 11.5. The van der Waals surface area contributed by atoms with Gasteiger partial charge in [0.05, 0.1) is 10.6 Å². The number of guanidine groups is 1. The van der Waals surface area contributed by atoms with Crippen LogP contribution in [0.4, 0.5) is 0 Å². The number of aliphatic imine (C=N–C) groups is 1. The molecule has 1 aromatic carbocycles. The molecule has 2 rings (SSSR count). The molecule has 0 radical (unpaired) electrons. The zero-order valence-electron chi connectivity index (χ0n) is 17.5. The van der Waals surface area contributed by atoms with E-state index in [1.165, 1.54) is 12.1 Å². The Bertz CT molecular complexity index is 933. The molecule has 1 aromatic heterocycles. The monoisotopic (exact) mass is 568 g/mol. The quantitative estimate of drug-likeness (QED) is 0.177. The van der Waals surface area contributed by atoms with Gasteiger partial charge in [-0.05, 0) is 51.5 Å². The van der Waals surface area contributed by atoms with Crippen LogP contribution in [-0.2, 0) is 16.6 Å². The predicted octanol–water partition coefficient (Wildman–Crippen LogP) is 2.70. The van der Waals surface area contributed by atoms with Crippen LogP contribution < -0.4 is 15.4 Å². The number of aromatic nitrogens is 2. The van der Waals surface area contributed by atoms with Gasteiger partial charge in [0.2, 0.25) is 10.0 Å². The maximum absolute atomic E-state index is 12.3. The minimum absolute atomic E-state index is 0. The summed E-state index contributed by atoms with van der Waals surface area (Å²) in [5.41, 5.74) is 2.16. The van der Waals surface area contributed by atoms with Gasteiger partial charge in [-0.15, -0.1) is 24.0 Å². The minimum atomic E-state index is -3.59. The first kappa shape index (κ1) is 26.7. The van der Waals surface area contributed by atoms with Gasteiger partial charge in [-0.3, -0.25) is 9.67 Å². The lowest BCUT2D eigenvalue weighted by atomic mass is 10.4. The van der Waals surface area contributed by atoms with Crippen LogP contribution in [0.5, 0.6) is 0 Å². The van der Waals surface area contributed by atoms with E-state index < -0.39 is 10.0 Å². The second kappa shape index (κ2) is 13.1. The molecule has 1 heterocycles. The van der Waals surface area contributed by atoms with Crippen molar-refractivity contribution >= 4 is 51.6 Å². The molecule has 11 heteroatoms. The van der Waals surface area contributed by atoms with Crippen LogP contribution in [0.25, 0.3) is 0 Å². The van der Waals surface area contributed by atoms with Crippen molar-refractivity contribution in [1.29, 1.82) is 0 Å². The second-order valence-corrected chi connectivity index (χ2v) is 8.75. The third kappa shape index (κ3) is 8.78. The van der Waals surface area contributed by atoms with E-state index in [1.54, 1.807) is 12.1 Å². The summed E-state index contributed by atoms with van der Waals surface area (Å²) >= 11 is 5.86. The molecule has 0 unspecified atom stereocenters. The predicted molar refractivity (Wildman–Crippen MR) is 132 cm³/mol. The Balaban J connectivity index is 0.00000450. The summed E-state index contributed by atoms with van der Waals surface area (Å²) in [6.45, 7) is 8.80. The molecule has 0 aliphatic rings. The molecule has 168 valence electrons. The highest BCUT2D eigenvalue weighted by atomic mass is 127. The van der Waals surface area contributed by atoms with Crippen LogP contribution in [0.3, 0.4) is 0 Å². The standard InChI is InChI=1S/C19H29ClN6O2S.HI/c1-4-21-19(22-9-6-12-26-16(3)13-15(2)25-26)23-10-11-24-29(27,28)18-8-5-7-17(20)14-18;/h5,7-8,13-14,24H,4,6,9-12H2,1-3H3,(H2,21,22,23);1H. The van der Waals surface area contributed by atoms with Crippen LogP contribution in [0.1, 0.15) is 24.7 Å². The number of sulfonamides is 1. The van der Waals surface area contributed by atoms with Crippen molar-refractivity contribution in [3.8, 4) is 0 Å². The maximum Gasteiger partial charge on any atom is 0.240 e. The van der Waals surface area contributed by atoms with Gasteiger partial charge in [0.25, 0.3) is 0 Å². The van der Waals surface area contributed by atoms with Gasteiger partial charge in [0.1, 0.15) is 0 Å². The highest BCUT2D eigenvalue weighted by Gasteiger charge is 2.13. The van der Waals surface area contributed by atoms with Crippen LogP contribution in [0.15, 0.2) is 40.2 Å². The van der Waals surface area contributed by atoms with E-state index in [0.717, 1.165) is 30.9 Å². The Hall–Kier alpha value is -1.37. The molecular weight excluding hydrogens is 539 g/mol. The van der Waals surface area contributed by atoms with Crippen molar-refractivity contribution in [3.63, 3.8) is 0 Å². The van der Waals surface area contributed by atoms with Gasteiger partial charge < -0.3 is 10.6 Å². The fourth-order valence-electron chi connectivity index (χ4n) is 2.74. The Morgan fingerprint density at radius 1 is 1.20 bits per heavy atom. The molecule has 0 amide bonds. The smallest absolute Gasteiger partial charge is 0.240 e. The number of halogens is 2. The third-order valence-electron chi connectivity index (χ3n) is 4.06. The van der Waals surface area contributed by atoms with E-state index in [1.807, 2.05) is 25.5 Å². The molecule has 3 N–H and O–H groups in total. The van der Waals surface area contributed by atoms with Crippen LogP contribution in [0.2, 0.25) is 5.02 Å². The number of hydrogen-bond donors (Lipinski definition) is 3. The lowest BCUT2D eigenvalue weighted by Gasteiger charge is -2.12.